The van der Waals surface area contributed by atoms with Crippen LogP contribution in [0.5, 0.6) is 0 Å². The topological polar surface area (TPSA) is 46.3 Å². The zero-order chi connectivity index (χ0) is 13.5. The Labute approximate surface area is 110 Å². The first-order valence-electron chi connectivity index (χ1n) is 6.70. The van der Waals surface area contributed by atoms with Gasteiger partial charge in [0.1, 0.15) is 0 Å². The van der Waals surface area contributed by atoms with Crippen LogP contribution in [0.25, 0.3) is 0 Å². The highest BCUT2D eigenvalue weighted by atomic mass is 16.2. The average Bonchev–Trinajstić information content (AvgIpc) is 2.43. The molecule has 0 radical (unpaired) electrons. The first kappa shape index (κ1) is 14.7. The minimum absolute atomic E-state index is 0.105. The van der Waals surface area contributed by atoms with Crippen molar-refractivity contribution in [3.63, 3.8) is 0 Å². The molecule has 2 N–H and O–H groups in total. The number of hydrogen-bond donors (Lipinski definition) is 1. The van der Waals surface area contributed by atoms with Gasteiger partial charge in [-0.15, -0.1) is 0 Å². The third kappa shape index (κ3) is 3.84. The second-order valence-electron chi connectivity index (χ2n) is 4.76. The van der Waals surface area contributed by atoms with E-state index in [1.807, 2.05) is 36.1 Å². The molecule has 0 aliphatic rings. The largest absolute Gasteiger partial charge is 0.339 e. The van der Waals surface area contributed by atoms with Crippen molar-refractivity contribution in [3.8, 4) is 0 Å². The van der Waals surface area contributed by atoms with E-state index >= 15 is 0 Å². The van der Waals surface area contributed by atoms with E-state index in [2.05, 4.69) is 13.8 Å². The molecule has 1 unspecified atom stereocenters. The summed E-state index contributed by atoms with van der Waals surface area (Å²) < 4.78 is 0. The Kier molecular flexibility index (Phi) is 5.86. The molecule has 3 nitrogen and oxygen atoms in total. The Balaban J connectivity index is 2.82. The molecule has 0 spiro atoms. The number of carbonyl (C=O) groups is 1. The van der Waals surface area contributed by atoms with Crippen molar-refractivity contribution in [2.45, 2.75) is 33.7 Å². The van der Waals surface area contributed by atoms with Crippen molar-refractivity contribution < 1.29 is 4.79 Å². The van der Waals surface area contributed by atoms with Crippen molar-refractivity contribution in [1.82, 2.24) is 4.90 Å². The fraction of sp³-hybridized carbons (Fsp3) is 0.533. The van der Waals surface area contributed by atoms with Gasteiger partial charge in [-0.05, 0) is 30.5 Å². The van der Waals surface area contributed by atoms with Crippen molar-refractivity contribution in [1.29, 1.82) is 0 Å². The normalized spacial score (nSPS) is 12.2. The Morgan fingerprint density at radius 1 is 1.39 bits per heavy atom. The van der Waals surface area contributed by atoms with E-state index < -0.39 is 0 Å². The van der Waals surface area contributed by atoms with Gasteiger partial charge in [-0.1, -0.05) is 32.4 Å². The number of benzene rings is 1. The molecule has 0 aliphatic carbocycles. The van der Waals surface area contributed by atoms with Crippen molar-refractivity contribution in [2.24, 2.45) is 11.7 Å². The first-order chi connectivity index (χ1) is 8.62. The number of rotatable bonds is 6. The number of amides is 1. The van der Waals surface area contributed by atoms with Crippen LogP contribution in [0.4, 0.5) is 0 Å². The van der Waals surface area contributed by atoms with Crippen LogP contribution < -0.4 is 5.73 Å². The van der Waals surface area contributed by atoms with E-state index in [0.29, 0.717) is 12.5 Å². The molecule has 0 saturated carbocycles. The number of carbonyl (C=O) groups excluding carboxylic acids is 1. The van der Waals surface area contributed by atoms with E-state index in [0.717, 1.165) is 30.6 Å². The summed E-state index contributed by atoms with van der Waals surface area (Å²) in [7, 11) is 0. The van der Waals surface area contributed by atoms with Gasteiger partial charge in [-0.25, -0.2) is 0 Å². The molecule has 3 heteroatoms. The summed E-state index contributed by atoms with van der Waals surface area (Å²) >= 11 is 0. The van der Waals surface area contributed by atoms with Gasteiger partial charge in [0.05, 0.1) is 0 Å². The lowest BCUT2D eigenvalue weighted by atomic mass is 10.1. The van der Waals surface area contributed by atoms with Crippen LogP contribution in [0.15, 0.2) is 24.3 Å². The standard InChI is InChI=1S/C15H24N2O/c1-4-12(3)11-17(5-2)15(18)14-8-6-7-13(9-14)10-16/h6-9,12H,4-5,10-11,16H2,1-3H3. The zero-order valence-electron chi connectivity index (χ0n) is 11.6. The van der Waals surface area contributed by atoms with Gasteiger partial charge in [0.25, 0.3) is 5.91 Å². The average molecular weight is 248 g/mol. The van der Waals surface area contributed by atoms with E-state index in [9.17, 15) is 4.79 Å². The summed E-state index contributed by atoms with van der Waals surface area (Å²) in [6, 6.07) is 7.59. The Morgan fingerprint density at radius 3 is 2.67 bits per heavy atom. The Morgan fingerprint density at radius 2 is 2.11 bits per heavy atom. The Hall–Kier alpha value is -1.35. The second kappa shape index (κ2) is 7.17. The molecule has 1 aromatic carbocycles. The molecule has 1 aromatic rings. The van der Waals surface area contributed by atoms with Gasteiger partial charge in [0.15, 0.2) is 0 Å². The summed E-state index contributed by atoms with van der Waals surface area (Å²) in [6.07, 6.45) is 1.09. The molecule has 0 aliphatic heterocycles. The highest BCUT2D eigenvalue weighted by Gasteiger charge is 2.16. The monoisotopic (exact) mass is 248 g/mol. The smallest absolute Gasteiger partial charge is 0.253 e. The van der Waals surface area contributed by atoms with Gasteiger partial charge in [-0.2, -0.15) is 0 Å². The zero-order valence-corrected chi connectivity index (χ0v) is 11.6. The van der Waals surface area contributed by atoms with Crippen LogP contribution in [0.2, 0.25) is 0 Å². The predicted molar refractivity (Wildman–Crippen MR) is 75.4 cm³/mol. The molecule has 18 heavy (non-hydrogen) atoms. The van der Waals surface area contributed by atoms with Crippen molar-refractivity contribution in [2.75, 3.05) is 13.1 Å². The number of hydrogen-bond acceptors (Lipinski definition) is 2. The minimum Gasteiger partial charge on any atom is -0.339 e. The van der Waals surface area contributed by atoms with E-state index in [1.165, 1.54) is 0 Å². The lowest BCUT2D eigenvalue weighted by molar-refractivity contribution is 0.0740. The van der Waals surface area contributed by atoms with Crippen LogP contribution in [0.1, 0.15) is 43.1 Å². The molecule has 0 bridgehead atoms. The summed E-state index contributed by atoms with van der Waals surface area (Å²) in [5, 5.41) is 0. The van der Waals surface area contributed by atoms with Crippen LogP contribution >= 0.6 is 0 Å². The molecule has 0 fully saturated rings. The van der Waals surface area contributed by atoms with Gasteiger partial charge in [0.2, 0.25) is 0 Å². The molecule has 1 amide bonds. The fourth-order valence-electron chi connectivity index (χ4n) is 1.87. The van der Waals surface area contributed by atoms with Crippen molar-refractivity contribution in [3.05, 3.63) is 35.4 Å². The lowest BCUT2D eigenvalue weighted by Gasteiger charge is -2.24. The van der Waals surface area contributed by atoms with Crippen molar-refractivity contribution >= 4 is 5.91 Å². The maximum Gasteiger partial charge on any atom is 0.253 e. The van der Waals surface area contributed by atoms with Gasteiger partial charge >= 0.3 is 0 Å². The molecule has 0 heterocycles. The SMILES string of the molecule is CCC(C)CN(CC)C(=O)c1cccc(CN)c1. The third-order valence-electron chi connectivity index (χ3n) is 3.31. The van der Waals surface area contributed by atoms with Gasteiger partial charge in [-0.3, -0.25) is 4.79 Å². The van der Waals surface area contributed by atoms with Gasteiger partial charge in [0, 0.05) is 25.2 Å². The van der Waals surface area contributed by atoms with Crippen LogP contribution in [-0.4, -0.2) is 23.9 Å². The highest BCUT2D eigenvalue weighted by molar-refractivity contribution is 5.94. The maximum atomic E-state index is 12.4. The quantitative estimate of drug-likeness (QED) is 0.841. The lowest BCUT2D eigenvalue weighted by Crippen LogP contribution is -2.34. The van der Waals surface area contributed by atoms with Crippen LogP contribution in [0, 0.1) is 5.92 Å². The third-order valence-corrected chi connectivity index (χ3v) is 3.31. The predicted octanol–water partition coefficient (Wildman–Crippen LogP) is 2.65. The molecular formula is C15H24N2O. The van der Waals surface area contributed by atoms with E-state index in [4.69, 9.17) is 5.73 Å². The molecule has 100 valence electrons. The Bertz CT molecular complexity index is 390. The fourth-order valence-corrected chi connectivity index (χ4v) is 1.87. The van der Waals surface area contributed by atoms with Crippen LogP contribution in [-0.2, 0) is 6.54 Å². The first-order valence-corrected chi connectivity index (χ1v) is 6.70. The summed E-state index contributed by atoms with van der Waals surface area (Å²) in [5.74, 6) is 0.639. The number of nitrogens with zero attached hydrogens (tertiary/aromatic N) is 1. The summed E-state index contributed by atoms with van der Waals surface area (Å²) in [6.45, 7) is 8.38. The highest BCUT2D eigenvalue weighted by Crippen LogP contribution is 2.11. The molecule has 0 aromatic heterocycles. The van der Waals surface area contributed by atoms with E-state index in [1.54, 1.807) is 0 Å². The second-order valence-corrected chi connectivity index (χ2v) is 4.76. The maximum absolute atomic E-state index is 12.4. The summed E-state index contributed by atoms with van der Waals surface area (Å²) in [5.41, 5.74) is 7.34. The molecular weight excluding hydrogens is 224 g/mol. The summed E-state index contributed by atoms with van der Waals surface area (Å²) in [4.78, 5) is 14.3. The minimum atomic E-state index is 0.105. The molecule has 1 rings (SSSR count). The molecule has 0 saturated heterocycles. The number of nitrogens with two attached hydrogens (primary N) is 1. The molecule has 1 atom stereocenters. The van der Waals surface area contributed by atoms with Gasteiger partial charge < -0.3 is 10.6 Å². The van der Waals surface area contributed by atoms with Crippen LogP contribution in [0.3, 0.4) is 0 Å². The van der Waals surface area contributed by atoms with E-state index in [-0.39, 0.29) is 5.91 Å².